The number of methoxy groups -OCH3 is 1. The summed E-state index contributed by atoms with van der Waals surface area (Å²) in [6, 6.07) is 15.4. The van der Waals surface area contributed by atoms with Crippen LogP contribution in [0.15, 0.2) is 60.9 Å². The molecule has 0 amide bonds. The highest BCUT2D eigenvalue weighted by Crippen LogP contribution is 2.33. The maximum Gasteiger partial charge on any atom is 0.434 e. The van der Waals surface area contributed by atoms with Crippen LogP contribution >= 0.6 is 0 Å². The molecule has 188 valence electrons. The second kappa shape index (κ2) is 10.0. The molecule has 0 atom stereocenters. The van der Waals surface area contributed by atoms with E-state index in [1.807, 2.05) is 42.3 Å². The summed E-state index contributed by atoms with van der Waals surface area (Å²) in [5.74, 6) is 2.38. The standard InChI is InChI=1S/C27H28F3N5O/c1-17(2)20-8-6-7-9-21(20)24-31-14-22(36-5)26(33-24)34(3)15-18-10-12-19(13-11-18)25-32-23(16-35(25)4)27(28,29)30/h6-14,16-17H,15H2,1-5H3. The van der Waals surface area contributed by atoms with Gasteiger partial charge in [-0.1, -0.05) is 62.4 Å². The van der Waals surface area contributed by atoms with Gasteiger partial charge in [0.25, 0.3) is 0 Å². The lowest BCUT2D eigenvalue weighted by Crippen LogP contribution is -2.19. The van der Waals surface area contributed by atoms with Crippen molar-refractivity contribution in [2.45, 2.75) is 32.5 Å². The highest BCUT2D eigenvalue weighted by molar-refractivity contribution is 5.65. The quantitative estimate of drug-likeness (QED) is 0.300. The molecule has 0 N–H and O–H groups in total. The third-order valence-electron chi connectivity index (χ3n) is 5.94. The monoisotopic (exact) mass is 495 g/mol. The minimum atomic E-state index is -4.48. The Labute approximate surface area is 208 Å². The van der Waals surface area contributed by atoms with Gasteiger partial charge in [0.1, 0.15) is 5.82 Å². The van der Waals surface area contributed by atoms with Gasteiger partial charge in [-0.25, -0.2) is 15.0 Å². The molecule has 0 saturated heterocycles. The highest BCUT2D eigenvalue weighted by Gasteiger charge is 2.34. The Kier molecular flexibility index (Phi) is 7.01. The maximum absolute atomic E-state index is 13.0. The predicted octanol–water partition coefficient (Wildman–Crippen LogP) is 6.33. The molecule has 0 aliphatic carbocycles. The van der Waals surface area contributed by atoms with Gasteiger partial charge in [0.15, 0.2) is 23.1 Å². The maximum atomic E-state index is 13.0. The molecule has 0 unspecified atom stereocenters. The number of halogens is 3. The molecule has 0 aliphatic heterocycles. The van der Waals surface area contributed by atoms with E-state index in [2.05, 4.69) is 29.9 Å². The molecular weight excluding hydrogens is 467 g/mol. The summed E-state index contributed by atoms with van der Waals surface area (Å²) in [7, 11) is 5.04. The summed E-state index contributed by atoms with van der Waals surface area (Å²) in [6.45, 7) is 4.77. The average molecular weight is 496 g/mol. The first-order chi connectivity index (χ1) is 17.1. The van der Waals surface area contributed by atoms with E-state index in [1.165, 1.54) is 4.57 Å². The number of aromatic nitrogens is 4. The van der Waals surface area contributed by atoms with Gasteiger partial charge in [-0.05, 0) is 17.0 Å². The van der Waals surface area contributed by atoms with E-state index in [4.69, 9.17) is 9.72 Å². The fraction of sp³-hybridized carbons (Fsp3) is 0.296. The third kappa shape index (κ3) is 5.19. The molecule has 4 rings (SSSR count). The van der Waals surface area contributed by atoms with Crippen LogP contribution in [0.5, 0.6) is 5.75 Å². The van der Waals surface area contributed by atoms with E-state index in [0.717, 1.165) is 22.9 Å². The summed E-state index contributed by atoms with van der Waals surface area (Å²) in [5.41, 5.74) is 2.79. The van der Waals surface area contributed by atoms with Crippen LogP contribution in [-0.2, 0) is 19.8 Å². The number of anilines is 1. The zero-order valence-electron chi connectivity index (χ0n) is 20.8. The summed E-state index contributed by atoms with van der Waals surface area (Å²) < 4.78 is 46.0. The Morgan fingerprint density at radius 3 is 2.33 bits per heavy atom. The molecule has 0 spiro atoms. The van der Waals surface area contributed by atoms with Crippen molar-refractivity contribution in [2.24, 2.45) is 7.05 Å². The largest absolute Gasteiger partial charge is 0.491 e. The fourth-order valence-corrected chi connectivity index (χ4v) is 4.09. The normalized spacial score (nSPS) is 11.7. The second-order valence-corrected chi connectivity index (χ2v) is 8.94. The molecule has 9 heteroatoms. The summed E-state index contributed by atoms with van der Waals surface area (Å²) in [6.07, 6.45) is -1.81. The van der Waals surface area contributed by atoms with Crippen LogP contribution in [0.25, 0.3) is 22.8 Å². The SMILES string of the molecule is COc1cnc(-c2ccccc2C(C)C)nc1N(C)Cc1ccc(-c2nc(C(F)(F)F)cn2C)cc1. The first-order valence-electron chi connectivity index (χ1n) is 11.5. The molecule has 6 nitrogen and oxygen atoms in total. The topological polar surface area (TPSA) is 56.1 Å². The van der Waals surface area contributed by atoms with Gasteiger partial charge >= 0.3 is 6.18 Å². The minimum absolute atomic E-state index is 0.258. The number of hydrogen-bond acceptors (Lipinski definition) is 5. The smallest absolute Gasteiger partial charge is 0.434 e. The fourth-order valence-electron chi connectivity index (χ4n) is 4.09. The van der Waals surface area contributed by atoms with Gasteiger partial charge < -0.3 is 14.2 Å². The Morgan fingerprint density at radius 1 is 1.03 bits per heavy atom. The molecular formula is C27H28F3N5O. The van der Waals surface area contributed by atoms with Gasteiger partial charge in [-0.15, -0.1) is 0 Å². The van der Waals surface area contributed by atoms with Gasteiger partial charge in [0.2, 0.25) is 0 Å². The van der Waals surface area contributed by atoms with Crippen LogP contribution in [0, 0.1) is 0 Å². The van der Waals surface area contributed by atoms with Gasteiger partial charge in [-0.2, -0.15) is 13.2 Å². The number of rotatable bonds is 7. The molecule has 36 heavy (non-hydrogen) atoms. The Bertz CT molecular complexity index is 1350. The van der Waals surface area contributed by atoms with Crippen LogP contribution in [0.2, 0.25) is 0 Å². The molecule has 0 bridgehead atoms. The molecule has 0 saturated carbocycles. The van der Waals surface area contributed by atoms with Crippen LogP contribution in [-0.4, -0.2) is 33.7 Å². The van der Waals surface area contributed by atoms with E-state index in [9.17, 15) is 13.2 Å². The van der Waals surface area contributed by atoms with Crippen molar-refractivity contribution in [3.05, 3.63) is 77.7 Å². The minimum Gasteiger partial charge on any atom is -0.491 e. The number of nitrogens with zero attached hydrogens (tertiary/aromatic N) is 5. The van der Waals surface area contributed by atoms with E-state index < -0.39 is 11.9 Å². The van der Waals surface area contributed by atoms with E-state index >= 15 is 0 Å². The highest BCUT2D eigenvalue weighted by atomic mass is 19.4. The predicted molar refractivity (Wildman–Crippen MR) is 134 cm³/mol. The summed E-state index contributed by atoms with van der Waals surface area (Å²) in [4.78, 5) is 15.1. The van der Waals surface area contributed by atoms with Crippen molar-refractivity contribution in [3.8, 4) is 28.5 Å². The third-order valence-corrected chi connectivity index (χ3v) is 5.94. The van der Waals surface area contributed by atoms with Crippen LogP contribution in [0.1, 0.15) is 36.6 Å². The van der Waals surface area contributed by atoms with Crippen LogP contribution in [0.4, 0.5) is 19.0 Å². The van der Waals surface area contributed by atoms with Crippen molar-refractivity contribution in [3.63, 3.8) is 0 Å². The lowest BCUT2D eigenvalue weighted by molar-refractivity contribution is -0.140. The van der Waals surface area contributed by atoms with E-state index in [1.54, 1.807) is 32.5 Å². The number of ether oxygens (including phenoxy) is 1. The molecule has 2 aromatic heterocycles. The van der Waals surface area contributed by atoms with Gasteiger partial charge in [-0.3, -0.25) is 0 Å². The molecule has 0 fully saturated rings. The van der Waals surface area contributed by atoms with Gasteiger partial charge in [0.05, 0.1) is 13.3 Å². The number of hydrogen-bond donors (Lipinski definition) is 0. The molecule has 2 aromatic carbocycles. The van der Waals surface area contributed by atoms with Crippen molar-refractivity contribution in [1.82, 2.24) is 19.5 Å². The van der Waals surface area contributed by atoms with Crippen molar-refractivity contribution < 1.29 is 17.9 Å². The Balaban J connectivity index is 1.59. The lowest BCUT2D eigenvalue weighted by atomic mass is 9.97. The first kappa shape index (κ1) is 25.2. The van der Waals surface area contributed by atoms with Gasteiger partial charge in [0, 0.05) is 38.0 Å². The van der Waals surface area contributed by atoms with Crippen molar-refractivity contribution in [2.75, 3.05) is 19.1 Å². The number of benzene rings is 2. The molecule has 4 aromatic rings. The number of imidazole rings is 1. The zero-order valence-corrected chi connectivity index (χ0v) is 20.8. The van der Waals surface area contributed by atoms with Crippen LogP contribution < -0.4 is 9.64 Å². The Hall–Kier alpha value is -3.88. The lowest BCUT2D eigenvalue weighted by Gasteiger charge is -2.22. The van der Waals surface area contributed by atoms with Crippen molar-refractivity contribution >= 4 is 5.82 Å². The second-order valence-electron chi connectivity index (χ2n) is 8.94. The van der Waals surface area contributed by atoms with E-state index in [-0.39, 0.29) is 5.82 Å². The Morgan fingerprint density at radius 2 is 1.72 bits per heavy atom. The first-order valence-corrected chi connectivity index (χ1v) is 11.5. The van der Waals surface area contributed by atoms with Crippen LogP contribution in [0.3, 0.4) is 0 Å². The van der Waals surface area contributed by atoms with E-state index in [0.29, 0.717) is 35.4 Å². The summed E-state index contributed by atoms with van der Waals surface area (Å²) in [5, 5.41) is 0. The molecule has 0 aliphatic rings. The average Bonchev–Trinajstić information content (AvgIpc) is 3.26. The van der Waals surface area contributed by atoms with Crippen molar-refractivity contribution in [1.29, 1.82) is 0 Å². The molecule has 2 heterocycles. The summed E-state index contributed by atoms with van der Waals surface area (Å²) >= 11 is 0. The zero-order chi connectivity index (χ0) is 26.0. The molecule has 0 radical (unpaired) electrons. The number of aryl methyl sites for hydroxylation is 1. The number of alkyl halides is 3.